The summed E-state index contributed by atoms with van der Waals surface area (Å²) in [6.07, 6.45) is 0. The number of carbonyl (C=O) groups excluding carboxylic acids is 1. The van der Waals surface area contributed by atoms with Crippen molar-refractivity contribution in [2.75, 3.05) is 20.8 Å². The molecule has 0 aliphatic carbocycles. The van der Waals surface area contributed by atoms with E-state index in [1.807, 2.05) is 6.92 Å². The molecule has 4 nitrogen and oxygen atoms in total. The van der Waals surface area contributed by atoms with Gasteiger partial charge >= 0.3 is 0 Å². The van der Waals surface area contributed by atoms with Gasteiger partial charge in [0.2, 0.25) is 0 Å². The standard InChI is InChI=1S/C13H19NO3/c1-9-5-6-11(7-12(9)15)13(16)14(3)10(2)8-17-4/h5-7,10,15H,8H2,1-4H3. The molecule has 0 saturated carbocycles. The van der Waals surface area contributed by atoms with Gasteiger partial charge in [0.15, 0.2) is 0 Å². The summed E-state index contributed by atoms with van der Waals surface area (Å²) in [5.74, 6) is 0.0218. The molecule has 0 saturated heterocycles. The number of nitrogens with zero attached hydrogens (tertiary/aromatic N) is 1. The zero-order valence-corrected chi connectivity index (χ0v) is 10.7. The quantitative estimate of drug-likeness (QED) is 0.868. The summed E-state index contributed by atoms with van der Waals surface area (Å²) in [6, 6.07) is 4.94. The van der Waals surface area contributed by atoms with Crippen LogP contribution < -0.4 is 0 Å². The Hall–Kier alpha value is -1.55. The smallest absolute Gasteiger partial charge is 0.254 e. The second-order valence-electron chi connectivity index (χ2n) is 4.22. The number of rotatable bonds is 4. The van der Waals surface area contributed by atoms with Gasteiger partial charge in [0, 0.05) is 19.7 Å². The van der Waals surface area contributed by atoms with Crippen molar-refractivity contribution in [2.24, 2.45) is 0 Å². The molecule has 1 N–H and O–H groups in total. The second kappa shape index (κ2) is 5.68. The Bertz CT molecular complexity index is 404. The minimum absolute atomic E-state index is 0.00375. The molecule has 0 aromatic heterocycles. The minimum atomic E-state index is -0.121. The summed E-state index contributed by atoms with van der Waals surface area (Å²) in [5.41, 5.74) is 1.24. The van der Waals surface area contributed by atoms with E-state index in [0.717, 1.165) is 5.56 Å². The van der Waals surface area contributed by atoms with Crippen LogP contribution in [0.1, 0.15) is 22.8 Å². The first kappa shape index (κ1) is 13.5. The third-order valence-corrected chi connectivity index (χ3v) is 2.85. The summed E-state index contributed by atoms with van der Waals surface area (Å²) in [4.78, 5) is 13.7. The molecule has 0 radical (unpaired) electrons. The number of methoxy groups -OCH3 is 1. The molecule has 1 aromatic carbocycles. The van der Waals surface area contributed by atoms with E-state index in [-0.39, 0.29) is 17.7 Å². The molecular formula is C13H19NO3. The Kier molecular flexibility index (Phi) is 4.52. The van der Waals surface area contributed by atoms with Gasteiger partial charge in [-0.3, -0.25) is 4.79 Å². The van der Waals surface area contributed by atoms with Crippen molar-refractivity contribution in [3.05, 3.63) is 29.3 Å². The van der Waals surface area contributed by atoms with E-state index in [4.69, 9.17) is 4.74 Å². The second-order valence-corrected chi connectivity index (χ2v) is 4.22. The molecular weight excluding hydrogens is 218 g/mol. The largest absolute Gasteiger partial charge is 0.508 e. The summed E-state index contributed by atoms with van der Waals surface area (Å²) in [7, 11) is 3.33. The lowest BCUT2D eigenvalue weighted by atomic mass is 10.1. The van der Waals surface area contributed by atoms with Crippen molar-refractivity contribution >= 4 is 5.91 Å². The third kappa shape index (κ3) is 3.20. The number of likely N-dealkylation sites (N-methyl/N-ethyl adjacent to an activating group) is 1. The number of aromatic hydroxyl groups is 1. The van der Waals surface area contributed by atoms with Crippen molar-refractivity contribution < 1.29 is 14.6 Å². The topological polar surface area (TPSA) is 49.8 Å². The van der Waals surface area contributed by atoms with E-state index in [9.17, 15) is 9.90 Å². The maximum absolute atomic E-state index is 12.1. The van der Waals surface area contributed by atoms with E-state index >= 15 is 0 Å². The predicted molar refractivity (Wildman–Crippen MR) is 66.3 cm³/mol. The predicted octanol–water partition coefficient (Wildman–Crippen LogP) is 1.81. The first-order valence-corrected chi connectivity index (χ1v) is 5.53. The first-order chi connectivity index (χ1) is 7.97. The van der Waals surface area contributed by atoms with Crippen LogP contribution >= 0.6 is 0 Å². The Labute approximate surface area is 102 Å². The molecule has 94 valence electrons. The third-order valence-electron chi connectivity index (χ3n) is 2.85. The molecule has 0 bridgehead atoms. The van der Waals surface area contributed by atoms with Crippen LogP contribution in [0.5, 0.6) is 5.75 Å². The number of ether oxygens (including phenoxy) is 1. The van der Waals surface area contributed by atoms with Crippen molar-refractivity contribution in [2.45, 2.75) is 19.9 Å². The highest BCUT2D eigenvalue weighted by Gasteiger charge is 2.17. The normalized spacial score (nSPS) is 12.2. The van der Waals surface area contributed by atoms with Gasteiger partial charge in [-0.25, -0.2) is 0 Å². The lowest BCUT2D eigenvalue weighted by Crippen LogP contribution is -2.37. The minimum Gasteiger partial charge on any atom is -0.508 e. The molecule has 0 heterocycles. The van der Waals surface area contributed by atoms with Crippen LogP contribution in [0, 0.1) is 6.92 Å². The van der Waals surface area contributed by atoms with Gasteiger partial charge in [0.1, 0.15) is 5.75 Å². The molecule has 4 heteroatoms. The van der Waals surface area contributed by atoms with E-state index in [1.54, 1.807) is 38.1 Å². The molecule has 0 aliphatic heterocycles. The van der Waals surface area contributed by atoms with E-state index in [0.29, 0.717) is 12.2 Å². The van der Waals surface area contributed by atoms with Crippen LogP contribution in [0.25, 0.3) is 0 Å². The van der Waals surface area contributed by atoms with Crippen LogP contribution in [0.15, 0.2) is 18.2 Å². The molecule has 1 aromatic rings. The Morgan fingerprint density at radius 2 is 2.18 bits per heavy atom. The van der Waals surface area contributed by atoms with E-state index in [2.05, 4.69) is 0 Å². The highest BCUT2D eigenvalue weighted by atomic mass is 16.5. The van der Waals surface area contributed by atoms with Gasteiger partial charge in [-0.1, -0.05) is 6.07 Å². The van der Waals surface area contributed by atoms with Crippen LogP contribution in [0.4, 0.5) is 0 Å². The zero-order chi connectivity index (χ0) is 13.0. The van der Waals surface area contributed by atoms with Gasteiger partial charge in [0.25, 0.3) is 5.91 Å². The van der Waals surface area contributed by atoms with Gasteiger partial charge < -0.3 is 14.7 Å². The number of aryl methyl sites for hydroxylation is 1. The summed E-state index contributed by atoms with van der Waals surface area (Å²) in [5, 5.41) is 9.58. The van der Waals surface area contributed by atoms with Crippen molar-refractivity contribution in [1.29, 1.82) is 0 Å². The van der Waals surface area contributed by atoms with Crippen molar-refractivity contribution in [3.63, 3.8) is 0 Å². The lowest BCUT2D eigenvalue weighted by Gasteiger charge is -2.24. The zero-order valence-electron chi connectivity index (χ0n) is 10.7. The van der Waals surface area contributed by atoms with Crippen LogP contribution in [-0.2, 0) is 4.74 Å². The molecule has 0 fully saturated rings. The molecule has 1 rings (SSSR count). The first-order valence-electron chi connectivity index (χ1n) is 5.53. The fourth-order valence-electron chi connectivity index (χ4n) is 1.50. The summed E-state index contributed by atoms with van der Waals surface area (Å²) < 4.78 is 5.01. The maximum Gasteiger partial charge on any atom is 0.254 e. The fourth-order valence-corrected chi connectivity index (χ4v) is 1.50. The van der Waals surface area contributed by atoms with E-state index in [1.165, 1.54) is 6.07 Å². The number of hydrogen-bond acceptors (Lipinski definition) is 3. The molecule has 17 heavy (non-hydrogen) atoms. The van der Waals surface area contributed by atoms with Gasteiger partial charge in [-0.2, -0.15) is 0 Å². The molecule has 0 spiro atoms. The summed E-state index contributed by atoms with van der Waals surface area (Å²) >= 11 is 0. The van der Waals surface area contributed by atoms with Crippen molar-refractivity contribution in [3.8, 4) is 5.75 Å². The average Bonchev–Trinajstić information content (AvgIpc) is 2.31. The molecule has 1 amide bonds. The summed E-state index contributed by atoms with van der Waals surface area (Å²) in [6.45, 7) is 4.19. The van der Waals surface area contributed by atoms with Crippen LogP contribution in [-0.4, -0.2) is 42.7 Å². The van der Waals surface area contributed by atoms with Crippen molar-refractivity contribution in [1.82, 2.24) is 4.90 Å². The van der Waals surface area contributed by atoms with Crippen LogP contribution in [0.3, 0.4) is 0 Å². The molecule has 1 atom stereocenters. The highest BCUT2D eigenvalue weighted by molar-refractivity contribution is 5.94. The Morgan fingerprint density at radius 3 is 2.71 bits per heavy atom. The average molecular weight is 237 g/mol. The number of carbonyl (C=O) groups is 1. The lowest BCUT2D eigenvalue weighted by molar-refractivity contribution is 0.0633. The van der Waals surface area contributed by atoms with Gasteiger partial charge in [-0.15, -0.1) is 0 Å². The Balaban J connectivity index is 2.85. The monoisotopic (exact) mass is 237 g/mol. The van der Waals surface area contributed by atoms with E-state index < -0.39 is 0 Å². The number of hydrogen-bond donors (Lipinski definition) is 1. The number of phenolic OH excluding ortho intramolecular Hbond substituents is 1. The maximum atomic E-state index is 12.1. The highest BCUT2D eigenvalue weighted by Crippen LogP contribution is 2.18. The SMILES string of the molecule is COCC(C)N(C)C(=O)c1ccc(C)c(O)c1. The number of benzene rings is 1. The fraction of sp³-hybridized carbons (Fsp3) is 0.462. The van der Waals surface area contributed by atoms with Crippen LogP contribution in [0.2, 0.25) is 0 Å². The van der Waals surface area contributed by atoms with Gasteiger partial charge in [0.05, 0.1) is 12.6 Å². The number of phenols is 1. The Morgan fingerprint density at radius 1 is 1.53 bits per heavy atom. The van der Waals surface area contributed by atoms with Gasteiger partial charge in [-0.05, 0) is 31.5 Å². The number of amides is 1. The molecule has 0 aliphatic rings. The molecule has 1 unspecified atom stereocenters.